The first kappa shape index (κ1) is 12.7. The van der Waals surface area contributed by atoms with E-state index in [1.165, 1.54) is 18.9 Å². The molecule has 5 nitrogen and oxygen atoms in total. The van der Waals surface area contributed by atoms with Gasteiger partial charge in [-0.3, -0.25) is 4.57 Å². The van der Waals surface area contributed by atoms with Crippen molar-refractivity contribution in [3.05, 3.63) is 29.6 Å². The number of aromatic nitrogens is 3. The number of ether oxygens (including phenoxy) is 1. The van der Waals surface area contributed by atoms with Crippen molar-refractivity contribution in [2.75, 3.05) is 12.8 Å². The highest BCUT2D eigenvalue weighted by atomic mass is 32.2. The normalized spacial score (nSPS) is 10.6. The first-order chi connectivity index (χ1) is 8.63. The highest BCUT2D eigenvalue weighted by molar-refractivity contribution is 7.98. The van der Waals surface area contributed by atoms with Gasteiger partial charge in [-0.2, -0.15) is 0 Å². The van der Waals surface area contributed by atoms with Crippen LogP contribution < -0.4 is 10.5 Å². The third kappa shape index (κ3) is 2.40. The molecule has 0 aliphatic rings. The molecule has 1 aromatic carbocycles. The molecule has 96 valence electrons. The molecule has 2 aromatic rings. The second kappa shape index (κ2) is 5.26. The number of nitrogens with zero attached hydrogens (tertiary/aromatic N) is 3. The summed E-state index contributed by atoms with van der Waals surface area (Å²) in [7, 11) is 3.21. The van der Waals surface area contributed by atoms with E-state index in [1.54, 1.807) is 29.8 Å². The maximum absolute atomic E-state index is 13.9. The van der Waals surface area contributed by atoms with E-state index in [0.29, 0.717) is 22.4 Å². The van der Waals surface area contributed by atoms with Crippen LogP contribution in [-0.4, -0.2) is 21.9 Å². The van der Waals surface area contributed by atoms with Gasteiger partial charge in [0.25, 0.3) is 0 Å². The predicted molar refractivity (Wildman–Crippen MR) is 67.9 cm³/mol. The van der Waals surface area contributed by atoms with Crippen LogP contribution in [0.15, 0.2) is 23.4 Å². The van der Waals surface area contributed by atoms with E-state index in [9.17, 15) is 4.39 Å². The van der Waals surface area contributed by atoms with Gasteiger partial charge in [-0.25, -0.2) is 4.39 Å². The van der Waals surface area contributed by atoms with Gasteiger partial charge in [0, 0.05) is 18.4 Å². The maximum Gasteiger partial charge on any atom is 0.222 e. The molecule has 1 heterocycles. The Bertz CT molecular complexity index is 558. The molecule has 0 aliphatic carbocycles. The molecule has 0 fully saturated rings. The Balaban J connectivity index is 2.13. The minimum absolute atomic E-state index is 0.241. The van der Waals surface area contributed by atoms with Crippen LogP contribution in [0, 0.1) is 5.82 Å². The number of hydrogen-bond donors (Lipinski definition) is 1. The molecule has 2 N–H and O–H groups in total. The topological polar surface area (TPSA) is 66.0 Å². The molecule has 0 bridgehead atoms. The zero-order valence-corrected chi connectivity index (χ0v) is 10.9. The number of anilines is 1. The van der Waals surface area contributed by atoms with Crippen molar-refractivity contribution in [1.29, 1.82) is 0 Å². The molecular weight excluding hydrogens is 255 g/mol. The molecular formula is C11H13FN4OS. The standard InChI is InChI=1S/C11H13FN4OS/c1-16-10(13)14-15-11(16)18-6-7-4-3-5-8(17-2)9(7)12/h3-5H,6H2,1-2H3,(H2,13,14). The summed E-state index contributed by atoms with van der Waals surface area (Å²) in [6.07, 6.45) is 0. The number of thioether (sulfide) groups is 1. The van der Waals surface area contributed by atoms with Crippen molar-refractivity contribution in [1.82, 2.24) is 14.8 Å². The lowest BCUT2D eigenvalue weighted by Gasteiger charge is -2.06. The summed E-state index contributed by atoms with van der Waals surface area (Å²) in [5.74, 6) is 0.673. The molecule has 7 heteroatoms. The number of nitrogen functional groups attached to an aromatic ring is 1. The van der Waals surface area contributed by atoms with Crippen LogP contribution in [0.25, 0.3) is 0 Å². The number of nitrogens with two attached hydrogens (primary N) is 1. The molecule has 1 aromatic heterocycles. The van der Waals surface area contributed by atoms with Crippen molar-refractivity contribution < 1.29 is 9.13 Å². The molecule has 0 radical (unpaired) electrons. The van der Waals surface area contributed by atoms with E-state index >= 15 is 0 Å². The number of benzene rings is 1. The van der Waals surface area contributed by atoms with Crippen molar-refractivity contribution in [3.8, 4) is 5.75 Å². The average Bonchev–Trinajstić information content (AvgIpc) is 2.69. The molecule has 0 atom stereocenters. The minimum Gasteiger partial charge on any atom is -0.494 e. The summed E-state index contributed by atoms with van der Waals surface area (Å²) in [5, 5.41) is 8.28. The Hall–Kier alpha value is -1.76. The van der Waals surface area contributed by atoms with Gasteiger partial charge in [0.2, 0.25) is 5.95 Å². The van der Waals surface area contributed by atoms with E-state index in [-0.39, 0.29) is 11.6 Å². The van der Waals surface area contributed by atoms with E-state index in [4.69, 9.17) is 10.5 Å². The monoisotopic (exact) mass is 268 g/mol. The molecule has 2 rings (SSSR count). The highest BCUT2D eigenvalue weighted by Crippen LogP contribution is 2.26. The predicted octanol–water partition coefficient (Wildman–Crippen LogP) is 1.84. The molecule has 0 aliphatic heterocycles. The maximum atomic E-state index is 13.9. The molecule has 0 amide bonds. The Morgan fingerprint density at radius 3 is 2.83 bits per heavy atom. The third-order valence-corrected chi connectivity index (χ3v) is 3.56. The van der Waals surface area contributed by atoms with Crippen LogP contribution in [0.4, 0.5) is 10.3 Å². The molecule has 0 saturated carbocycles. The molecule has 0 saturated heterocycles. The number of rotatable bonds is 4. The quantitative estimate of drug-likeness (QED) is 0.857. The van der Waals surface area contributed by atoms with Crippen molar-refractivity contribution in [2.24, 2.45) is 7.05 Å². The summed E-state index contributed by atoms with van der Waals surface area (Å²) >= 11 is 1.37. The van der Waals surface area contributed by atoms with E-state index in [2.05, 4.69) is 10.2 Å². The fourth-order valence-electron chi connectivity index (χ4n) is 1.42. The summed E-state index contributed by atoms with van der Waals surface area (Å²) in [6.45, 7) is 0. The zero-order valence-electron chi connectivity index (χ0n) is 10.1. The Labute approximate surface area is 108 Å². The van der Waals surface area contributed by atoms with Gasteiger partial charge in [-0.15, -0.1) is 10.2 Å². The van der Waals surface area contributed by atoms with Crippen molar-refractivity contribution in [3.63, 3.8) is 0 Å². The summed E-state index contributed by atoms with van der Waals surface area (Å²) in [5.41, 5.74) is 6.12. The van der Waals surface area contributed by atoms with Gasteiger partial charge < -0.3 is 10.5 Å². The summed E-state index contributed by atoms with van der Waals surface area (Å²) in [6, 6.07) is 5.05. The average molecular weight is 268 g/mol. The molecule has 0 spiro atoms. The van der Waals surface area contributed by atoms with Crippen LogP contribution in [0.2, 0.25) is 0 Å². The summed E-state index contributed by atoms with van der Waals surface area (Å²) in [4.78, 5) is 0. The Morgan fingerprint density at radius 2 is 2.22 bits per heavy atom. The van der Waals surface area contributed by atoms with Gasteiger partial charge in [0.1, 0.15) is 0 Å². The van der Waals surface area contributed by atoms with Gasteiger partial charge in [0.05, 0.1) is 7.11 Å². The minimum atomic E-state index is -0.345. The van der Waals surface area contributed by atoms with Gasteiger partial charge in [0.15, 0.2) is 16.7 Å². The fourth-order valence-corrected chi connectivity index (χ4v) is 2.31. The number of hydrogen-bond acceptors (Lipinski definition) is 5. The fraction of sp³-hybridized carbons (Fsp3) is 0.273. The van der Waals surface area contributed by atoms with Gasteiger partial charge in [-0.05, 0) is 6.07 Å². The smallest absolute Gasteiger partial charge is 0.222 e. The Kier molecular flexibility index (Phi) is 3.71. The number of methoxy groups -OCH3 is 1. The first-order valence-corrected chi connectivity index (χ1v) is 6.21. The van der Waals surface area contributed by atoms with E-state index in [1.807, 2.05) is 0 Å². The van der Waals surface area contributed by atoms with Crippen molar-refractivity contribution >= 4 is 17.7 Å². The Morgan fingerprint density at radius 1 is 1.44 bits per heavy atom. The van der Waals surface area contributed by atoms with Crippen LogP contribution in [0.5, 0.6) is 5.75 Å². The van der Waals surface area contributed by atoms with Gasteiger partial charge >= 0.3 is 0 Å². The van der Waals surface area contributed by atoms with Gasteiger partial charge in [-0.1, -0.05) is 23.9 Å². The third-order valence-electron chi connectivity index (χ3n) is 2.49. The lowest BCUT2D eigenvalue weighted by Crippen LogP contribution is -1.98. The largest absolute Gasteiger partial charge is 0.494 e. The highest BCUT2D eigenvalue weighted by Gasteiger charge is 2.11. The van der Waals surface area contributed by atoms with Crippen LogP contribution in [0.3, 0.4) is 0 Å². The zero-order chi connectivity index (χ0) is 13.1. The van der Waals surface area contributed by atoms with Crippen LogP contribution in [0.1, 0.15) is 5.56 Å². The lowest BCUT2D eigenvalue weighted by atomic mass is 10.2. The lowest BCUT2D eigenvalue weighted by molar-refractivity contribution is 0.385. The van der Waals surface area contributed by atoms with E-state index in [0.717, 1.165) is 0 Å². The van der Waals surface area contributed by atoms with Crippen LogP contribution in [-0.2, 0) is 12.8 Å². The van der Waals surface area contributed by atoms with Crippen LogP contribution >= 0.6 is 11.8 Å². The second-order valence-electron chi connectivity index (χ2n) is 3.62. The second-order valence-corrected chi connectivity index (χ2v) is 4.56. The molecule has 18 heavy (non-hydrogen) atoms. The SMILES string of the molecule is COc1cccc(CSc2nnc(N)n2C)c1F. The van der Waals surface area contributed by atoms with Crippen molar-refractivity contribution in [2.45, 2.75) is 10.9 Å². The van der Waals surface area contributed by atoms with E-state index < -0.39 is 0 Å². The number of halogens is 1. The first-order valence-electron chi connectivity index (χ1n) is 5.22. The summed E-state index contributed by atoms with van der Waals surface area (Å²) < 4.78 is 20.5. The molecule has 0 unspecified atom stereocenters.